The van der Waals surface area contributed by atoms with Crippen LogP contribution < -0.4 is 19.5 Å². The Kier molecular flexibility index (Phi) is 8.38. The average molecular weight is 600 g/mol. The summed E-state index contributed by atoms with van der Waals surface area (Å²) in [6, 6.07) is 21.1. The highest BCUT2D eigenvalue weighted by atomic mass is 35.5. The lowest BCUT2D eigenvalue weighted by Crippen LogP contribution is -2.17. The van der Waals surface area contributed by atoms with E-state index in [9.17, 15) is 21.6 Å². The van der Waals surface area contributed by atoms with Gasteiger partial charge in [0.1, 0.15) is 10.6 Å². The molecule has 3 N–H and O–H groups in total. The van der Waals surface area contributed by atoms with Crippen LogP contribution in [0.3, 0.4) is 0 Å². The Bertz CT molecular complexity index is 1750. The van der Waals surface area contributed by atoms with E-state index < -0.39 is 26.0 Å². The number of amides is 1. The number of anilines is 3. The van der Waals surface area contributed by atoms with Crippen LogP contribution in [0.15, 0.2) is 94.7 Å². The van der Waals surface area contributed by atoms with Crippen LogP contribution in [-0.2, 0) is 20.0 Å². The molecule has 0 bridgehead atoms. The molecule has 4 aromatic carbocycles. The lowest BCUT2D eigenvalue weighted by Gasteiger charge is -2.13. The first-order chi connectivity index (χ1) is 18.9. The summed E-state index contributed by atoms with van der Waals surface area (Å²) in [6.45, 7) is 3.70. The molecule has 9 nitrogen and oxygen atoms in total. The van der Waals surface area contributed by atoms with E-state index >= 15 is 0 Å². The third kappa shape index (κ3) is 6.92. The standard InChI is InChI=1S/C28H26ClN3O6S2/c1-18-14-19(2)16-23(15-18)32-40(36,37)27-17-20(4-13-26(27)29)28(33)30-21-7-11-25(12-8-21)39(34,35)31-22-5-9-24(38-3)10-6-22/h4-17,31-32H,1-3H3,(H,30,33). The summed E-state index contributed by atoms with van der Waals surface area (Å²) in [5, 5.41) is 2.59. The second-order valence-electron chi connectivity index (χ2n) is 8.94. The van der Waals surface area contributed by atoms with Gasteiger partial charge in [-0.1, -0.05) is 17.7 Å². The molecule has 0 aliphatic carbocycles. The molecule has 0 unspecified atom stereocenters. The molecule has 0 spiro atoms. The molecule has 1 amide bonds. The van der Waals surface area contributed by atoms with Crippen molar-refractivity contribution in [3.05, 3.63) is 107 Å². The van der Waals surface area contributed by atoms with Gasteiger partial charge in [0.05, 0.1) is 17.0 Å². The van der Waals surface area contributed by atoms with Crippen LogP contribution in [0, 0.1) is 13.8 Å². The van der Waals surface area contributed by atoms with Crippen molar-refractivity contribution >= 4 is 54.6 Å². The maximum Gasteiger partial charge on any atom is 0.263 e. The van der Waals surface area contributed by atoms with Gasteiger partial charge in [-0.25, -0.2) is 16.8 Å². The molecule has 0 aromatic heterocycles. The minimum absolute atomic E-state index is 0.0151. The number of sulfonamides is 2. The highest BCUT2D eigenvalue weighted by Crippen LogP contribution is 2.27. The second kappa shape index (κ2) is 11.6. The summed E-state index contributed by atoms with van der Waals surface area (Å²) in [4.78, 5) is 12.6. The molecule has 0 saturated carbocycles. The maximum atomic E-state index is 13.1. The number of hydrogen-bond donors (Lipinski definition) is 3. The van der Waals surface area contributed by atoms with Crippen LogP contribution in [0.5, 0.6) is 5.75 Å². The first kappa shape index (κ1) is 28.9. The molecule has 0 heterocycles. The zero-order valence-electron chi connectivity index (χ0n) is 21.7. The largest absolute Gasteiger partial charge is 0.497 e. The van der Waals surface area contributed by atoms with Crippen LogP contribution in [-0.4, -0.2) is 29.9 Å². The molecule has 4 rings (SSSR count). The van der Waals surface area contributed by atoms with Crippen molar-refractivity contribution in [1.29, 1.82) is 0 Å². The summed E-state index contributed by atoms with van der Waals surface area (Å²) in [5.41, 5.74) is 2.85. The van der Waals surface area contributed by atoms with E-state index in [0.717, 1.165) is 11.1 Å². The number of rotatable bonds is 9. The third-order valence-electron chi connectivity index (χ3n) is 5.72. The summed E-state index contributed by atoms with van der Waals surface area (Å²) in [7, 11) is -6.47. The molecule has 208 valence electrons. The number of halogens is 1. The normalized spacial score (nSPS) is 11.5. The first-order valence-corrected chi connectivity index (χ1v) is 15.2. The number of aryl methyl sites for hydroxylation is 2. The van der Waals surface area contributed by atoms with Gasteiger partial charge in [0.15, 0.2) is 0 Å². The molecule has 0 aliphatic heterocycles. The van der Waals surface area contributed by atoms with Crippen LogP contribution in [0.25, 0.3) is 0 Å². The van der Waals surface area contributed by atoms with Crippen molar-refractivity contribution in [3.63, 3.8) is 0 Å². The predicted octanol–water partition coefficient (Wildman–Crippen LogP) is 5.82. The SMILES string of the molecule is COc1ccc(NS(=O)(=O)c2ccc(NC(=O)c3ccc(Cl)c(S(=O)(=O)Nc4cc(C)cc(C)c4)c3)cc2)cc1. The van der Waals surface area contributed by atoms with Crippen molar-refractivity contribution in [2.75, 3.05) is 21.9 Å². The number of carbonyl (C=O) groups is 1. The molecule has 40 heavy (non-hydrogen) atoms. The maximum absolute atomic E-state index is 13.1. The van der Waals surface area contributed by atoms with E-state index in [1.54, 1.807) is 36.4 Å². The number of methoxy groups -OCH3 is 1. The van der Waals surface area contributed by atoms with Gasteiger partial charge in [0, 0.05) is 22.6 Å². The van der Waals surface area contributed by atoms with Gasteiger partial charge in [-0.3, -0.25) is 14.2 Å². The van der Waals surface area contributed by atoms with Crippen LogP contribution in [0.4, 0.5) is 17.1 Å². The second-order valence-corrected chi connectivity index (χ2v) is 12.7. The average Bonchev–Trinajstić information content (AvgIpc) is 2.88. The van der Waals surface area contributed by atoms with E-state index in [1.165, 1.54) is 49.6 Å². The molecule has 0 saturated heterocycles. The Labute approximate surface area is 238 Å². The summed E-state index contributed by atoms with van der Waals surface area (Å²) in [5.74, 6) is -0.0162. The van der Waals surface area contributed by atoms with Gasteiger partial charge in [-0.15, -0.1) is 0 Å². The van der Waals surface area contributed by atoms with Crippen molar-refractivity contribution in [3.8, 4) is 5.75 Å². The Balaban J connectivity index is 1.49. The topological polar surface area (TPSA) is 131 Å². The fourth-order valence-corrected chi connectivity index (χ4v) is 6.51. The third-order valence-corrected chi connectivity index (χ3v) is 8.98. The summed E-state index contributed by atoms with van der Waals surface area (Å²) >= 11 is 6.19. The van der Waals surface area contributed by atoms with E-state index in [4.69, 9.17) is 16.3 Å². The number of nitrogens with one attached hydrogen (secondary N) is 3. The highest BCUT2D eigenvalue weighted by Gasteiger charge is 2.21. The Morgan fingerprint density at radius 2 is 1.27 bits per heavy atom. The highest BCUT2D eigenvalue weighted by molar-refractivity contribution is 7.93. The zero-order valence-corrected chi connectivity index (χ0v) is 24.1. The van der Waals surface area contributed by atoms with E-state index in [2.05, 4.69) is 14.8 Å². The molecule has 12 heteroatoms. The van der Waals surface area contributed by atoms with Gasteiger partial charge < -0.3 is 10.1 Å². The van der Waals surface area contributed by atoms with E-state index in [-0.39, 0.29) is 20.4 Å². The van der Waals surface area contributed by atoms with Crippen LogP contribution in [0.1, 0.15) is 21.5 Å². The minimum Gasteiger partial charge on any atom is -0.497 e. The van der Waals surface area contributed by atoms with Gasteiger partial charge in [-0.05, 0) is 104 Å². The summed E-state index contributed by atoms with van der Waals surface area (Å²) < 4.78 is 61.7. The molecular formula is C28H26ClN3O6S2. The van der Waals surface area contributed by atoms with Crippen molar-refractivity contribution in [1.82, 2.24) is 0 Å². The molecule has 0 radical (unpaired) electrons. The Morgan fingerprint density at radius 3 is 1.88 bits per heavy atom. The molecule has 0 aliphatic rings. The lowest BCUT2D eigenvalue weighted by molar-refractivity contribution is 0.102. The Hall–Kier alpha value is -4.06. The van der Waals surface area contributed by atoms with Gasteiger partial charge in [0.2, 0.25) is 0 Å². The Morgan fingerprint density at radius 1 is 0.700 bits per heavy atom. The number of carbonyl (C=O) groups excluding carboxylic acids is 1. The molecule has 0 fully saturated rings. The van der Waals surface area contributed by atoms with E-state index in [1.807, 2.05) is 19.9 Å². The zero-order chi connectivity index (χ0) is 29.1. The quantitative estimate of drug-likeness (QED) is 0.222. The first-order valence-electron chi connectivity index (χ1n) is 11.9. The summed E-state index contributed by atoms with van der Waals surface area (Å²) in [6.07, 6.45) is 0. The smallest absolute Gasteiger partial charge is 0.263 e. The van der Waals surface area contributed by atoms with Crippen molar-refractivity contribution < 1.29 is 26.4 Å². The number of benzene rings is 4. The molecular weight excluding hydrogens is 574 g/mol. The van der Waals surface area contributed by atoms with Crippen LogP contribution in [0.2, 0.25) is 5.02 Å². The fraction of sp³-hybridized carbons (Fsp3) is 0.107. The van der Waals surface area contributed by atoms with Crippen molar-refractivity contribution in [2.24, 2.45) is 0 Å². The lowest BCUT2D eigenvalue weighted by atomic mass is 10.1. The molecule has 4 aromatic rings. The van der Waals surface area contributed by atoms with Crippen LogP contribution >= 0.6 is 11.6 Å². The monoisotopic (exact) mass is 599 g/mol. The minimum atomic E-state index is -4.10. The predicted molar refractivity (Wildman–Crippen MR) is 156 cm³/mol. The van der Waals surface area contributed by atoms with Gasteiger partial charge in [-0.2, -0.15) is 0 Å². The number of hydrogen-bond acceptors (Lipinski definition) is 6. The molecule has 0 atom stereocenters. The van der Waals surface area contributed by atoms with E-state index in [0.29, 0.717) is 22.8 Å². The van der Waals surface area contributed by atoms with Crippen molar-refractivity contribution in [2.45, 2.75) is 23.6 Å². The number of ether oxygens (including phenoxy) is 1. The fourth-order valence-electron chi connectivity index (χ4n) is 3.89. The van der Waals surface area contributed by atoms with Gasteiger partial charge >= 0.3 is 0 Å². The van der Waals surface area contributed by atoms with Gasteiger partial charge in [0.25, 0.3) is 26.0 Å².